The molecule has 1 aliphatic carbocycles. The van der Waals surface area contributed by atoms with Crippen LogP contribution in [0.2, 0.25) is 5.02 Å². The van der Waals surface area contributed by atoms with Crippen molar-refractivity contribution < 1.29 is 0 Å². The van der Waals surface area contributed by atoms with Crippen molar-refractivity contribution in [3.63, 3.8) is 0 Å². The molecule has 1 atom stereocenters. The van der Waals surface area contributed by atoms with Gasteiger partial charge in [-0.2, -0.15) is 0 Å². The fourth-order valence-corrected chi connectivity index (χ4v) is 7.33. The zero-order valence-corrected chi connectivity index (χ0v) is 22.0. The molecule has 4 aromatic rings. The van der Waals surface area contributed by atoms with Crippen LogP contribution in [0.5, 0.6) is 0 Å². The van der Waals surface area contributed by atoms with E-state index in [4.69, 9.17) is 11.6 Å². The number of rotatable bonds is 5. The Labute approximate surface area is 223 Å². The van der Waals surface area contributed by atoms with Crippen molar-refractivity contribution in [1.29, 1.82) is 0 Å². The summed E-state index contributed by atoms with van der Waals surface area (Å²) in [6.07, 6.45) is 8.76. The Balaban J connectivity index is 1.34. The first-order valence-corrected chi connectivity index (χ1v) is 14.3. The fourth-order valence-electron chi connectivity index (χ4n) is 5.95. The number of anilines is 1. The minimum Gasteiger partial charge on any atom is -0.366 e. The molecule has 1 aromatic carbocycles. The molecule has 1 saturated carbocycles. The molecule has 37 heavy (non-hydrogen) atoms. The van der Waals surface area contributed by atoms with Gasteiger partial charge in [-0.25, -0.2) is 4.79 Å². The largest absolute Gasteiger partial charge is 0.366 e. The van der Waals surface area contributed by atoms with Gasteiger partial charge >= 0.3 is 5.69 Å². The second-order valence-electron chi connectivity index (χ2n) is 10.4. The van der Waals surface area contributed by atoms with E-state index in [0.717, 1.165) is 83.0 Å². The number of nitrogens with one attached hydrogen (secondary N) is 1. The highest BCUT2D eigenvalue weighted by atomic mass is 35.5. The number of aromatic nitrogens is 3. The van der Waals surface area contributed by atoms with E-state index < -0.39 is 0 Å². The third-order valence-electron chi connectivity index (χ3n) is 7.86. The summed E-state index contributed by atoms with van der Waals surface area (Å²) in [5, 5.41) is 4.27. The Morgan fingerprint density at radius 2 is 1.97 bits per heavy atom. The first-order chi connectivity index (χ1) is 18.1. The van der Waals surface area contributed by atoms with Crippen LogP contribution in [-0.2, 0) is 13.0 Å². The molecule has 2 fully saturated rings. The van der Waals surface area contributed by atoms with Gasteiger partial charge in [-0.15, -0.1) is 11.3 Å². The second kappa shape index (κ2) is 9.11. The van der Waals surface area contributed by atoms with Crippen molar-refractivity contribution in [3.8, 4) is 11.1 Å². The molecule has 2 aliphatic heterocycles. The highest BCUT2D eigenvalue weighted by Crippen LogP contribution is 2.44. The van der Waals surface area contributed by atoms with Gasteiger partial charge in [0.1, 0.15) is 0 Å². The van der Waals surface area contributed by atoms with Crippen LogP contribution in [0.3, 0.4) is 0 Å². The van der Waals surface area contributed by atoms with Crippen molar-refractivity contribution in [2.45, 2.75) is 50.7 Å². The van der Waals surface area contributed by atoms with Gasteiger partial charge in [-0.3, -0.25) is 18.9 Å². The monoisotopic (exact) mass is 533 g/mol. The molecule has 7 nitrogen and oxygen atoms in total. The van der Waals surface area contributed by atoms with Crippen LogP contribution in [0.15, 0.2) is 52.3 Å². The van der Waals surface area contributed by atoms with Crippen LogP contribution in [0.25, 0.3) is 21.3 Å². The first kappa shape index (κ1) is 23.2. The van der Waals surface area contributed by atoms with E-state index in [1.807, 2.05) is 12.3 Å². The third-order valence-corrected chi connectivity index (χ3v) is 9.22. The predicted octanol–water partition coefficient (Wildman–Crippen LogP) is 4.44. The standard InChI is InChI=1S/C28H28ClN5O2S/c29-18-12-17-2-1-10-32(20-5-8-30-15-20)26(17)23(13-18)22-6-9-31-24-14-21(37-27(22)24)16-34-25(35)7-11-33(28(34)36)19-3-4-19/h6-7,9,11-14,19-20,30H,1-5,8,10,15-16H2/t20-/m0/s1. The minimum absolute atomic E-state index is 0.224. The summed E-state index contributed by atoms with van der Waals surface area (Å²) in [6, 6.07) is 10.5. The molecule has 1 N–H and O–H groups in total. The van der Waals surface area contributed by atoms with Gasteiger partial charge in [0, 0.05) is 70.3 Å². The molecule has 1 saturated heterocycles. The number of thiophene rings is 1. The summed E-state index contributed by atoms with van der Waals surface area (Å²) in [6.45, 7) is 3.34. The quantitative estimate of drug-likeness (QED) is 0.411. The van der Waals surface area contributed by atoms with E-state index in [2.05, 4.69) is 33.4 Å². The van der Waals surface area contributed by atoms with Crippen molar-refractivity contribution >= 4 is 38.8 Å². The van der Waals surface area contributed by atoms with Crippen LogP contribution in [-0.4, -0.2) is 39.8 Å². The van der Waals surface area contributed by atoms with Gasteiger partial charge in [0.05, 0.1) is 16.8 Å². The maximum atomic E-state index is 13.0. The number of hydrogen-bond donors (Lipinski definition) is 1. The fraction of sp³-hybridized carbons (Fsp3) is 0.393. The van der Waals surface area contributed by atoms with Gasteiger partial charge in [0.25, 0.3) is 5.56 Å². The highest BCUT2D eigenvalue weighted by Gasteiger charge is 2.30. The smallest absolute Gasteiger partial charge is 0.331 e. The molecule has 0 radical (unpaired) electrons. The van der Waals surface area contributed by atoms with Crippen LogP contribution >= 0.6 is 22.9 Å². The number of benzene rings is 1. The van der Waals surface area contributed by atoms with Crippen molar-refractivity contribution in [2.75, 3.05) is 24.5 Å². The van der Waals surface area contributed by atoms with E-state index in [-0.39, 0.29) is 23.8 Å². The SMILES string of the molecule is O=c1ccn(C2CC2)c(=O)n1Cc1cc2nccc(-c3cc(Cl)cc4c3N([C@H]3CCNC3)CCC4)c2s1. The maximum Gasteiger partial charge on any atom is 0.331 e. The van der Waals surface area contributed by atoms with Crippen molar-refractivity contribution in [1.82, 2.24) is 19.4 Å². The molecule has 0 amide bonds. The summed E-state index contributed by atoms with van der Waals surface area (Å²) < 4.78 is 4.10. The molecule has 9 heteroatoms. The number of fused-ring (bicyclic) bond motifs is 2. The van der Waals surface area contributed by atoms with E-state index in [9.17, 15) is 9.59 Å². The highest BCUT2D eigenvalue weighted by molar-refractivity contribution is 7.19. The summed E-state index contributed by atoms with van der Waals surface area (Å²) in [5.74, 6) is 0. The van der Waals surface area contributed by atoms with E-state index in [1.165, 1.54) is 21.9 Å². The van der Waals surface area contributed by atoms with Crippen LogP contribution in [0.4, 0.5) is 5.69 Å². The first-order valence-electron chi connectivity index (χ1n) is 13.1. The second-order valence-corrected chi connectivity index (χ2v) is 11.9. The average Bonchev–Trinajstić information content (AvgIpc) is 3.41. The lowest BCUT2D eigenvalue weighted by molar-refractivity contribution is 0.592. The Morgan fingerprint density at radius 3 is 2.78 bits per heavy atom. The average molecular weight is 534 g/mol. The maximum absolute atomic E-state index is 13.0. The molecule has 7 rings (SSSR count). The van der Waals surface area contributed by atoms with Crippen LogP contribution in [0.1, 0.15) is 42.2 Å². The number of aryl methyl sites for hydroxylation is 1. The molecule has 0 bridgehead atoms. The number of nitrogens with zero attached hydrogens (tertiary/aromatic N) is 4. The predicted molar refractivity (Wildman–Crippen MR) is 149 cm³/mol. The van der Waals surface area contributed by atoms with Crippen molar-refractivity contribution in [2.24, 2.45) is 0 Å². The minimum atomic E-state index is -0.266. The van der Waals surface area contributed by atoms with Gasteiger partial charge in [-0.05, 0) is 68.5 Å². The Morgan fingerprint density at radius 1 is 1.08 bits per heavy atom. The van der Waals surface area contributed by atoms with Gasteiger partial charge < -0.3 is 10.2 Å². The lowest BCUT2D eigenvalue weighted by atomic mass is 9.92. The summed E-state index contributed by atoms with van der Waals surface area (Å²) in [7, 11) is 0. The van der Waals surface area contributed by atoms with Crippen LogP contribution < -0.4 is 21.5 Å². The van der Waals surface area contributed by atoms with Gasteiger partial charge in [-0.1, -0.05) is 11.6 Å². The molecule has 190 valence electrons. The summed E-state index contributed by atoms with van der Waals surface area (Å²) in [5.41, 5.74) is 5.22. The zero-order chi connectivity index (χ0) is 25.1. The molecule has 3 aliphatic rings. The number of hydrogen-bond acceptors (Lipinski definition) is 6. The molecular weight excluding hydrogens is 506 g/mol. The number of halogens is 1. The Kier molecular flexibility index (Phi) is 5.71. The van der Waals surface area contributed by atoms with Crippen LogP contribution in [0, 0.1) is 0 Å². The third kappa shape index (κ3) is 4.11. The summed E-state index contributed by atoms with van der Waals surface area (Å²) in [4.78, 5) is 33.8. The van der Waals surface area contributed by atoms with E-state index in [1.54, 1.807) is 22.1 Å². The Hall–Kier alpha value is -2.94. The zero-order valence-electron chi connectivity index (χ0n) is 20.5. The molecule has 5 heterocycles. The summed E-state index contributed by atoms with van der Waals surface area (Å²) >= 11 is 8.27. The molecule has 3 aromatic heterocycles. The molecule has 0 spiro atoms. The molecule has 0 unspecified atom stereocenters. The van der Waals surface area contributed by atoms with E-state index >= 15 is 0 Å². The topological polar surface area (TPSA) is 72.2 Å². The molecular formula is C28H28ClN5O2S. The lowest BCUT2D eigenvalue weighted by Crippen LogP contribution is -2.40. The van der Waals surface area contributed by atoms with E-state index in [0.29, 0.717) is 6.04 Å². The van der Waals surface area contributed by atoms with Crippen molar-refractivity contribution in [3.05, 3.63) is 79.0 Å². The normalized spacial score (nSPS) is 19.5. The Bertz CT molecular complexity index is 1630. The number of pyridine rings is 1. The van der Waals surface area contributed by atoms with Gasteiger partial charge in [0.15, 0.2) is 0 Å². The lowest BCUT2D eigenvalue weighted by Gasteiger charge is -2.38. The van der Waals surface area contributed by atoms with Gasteiger partial charge in [0.2, 0.25) is 0 Å².